The van der Waals surface area contributed by atoms with Crippen molar-refractivity contribution < 1.29 is 24.6 Å². The van der Waals surface area contributed by atoms with Crippen molar-refractivity contribution in [3.63, 3.8) is 0 Å². The Hall–Kier alpha value is -3.44. The summed E-state index contributed by atoms with van der Waals surface area (Å²) in [5, 5.41) is 24.1. The molecule has 32 heavy (non-hydrogen) atoms. The molecule has 1 aromatic carbocycles. The zero-order valence-corrected chi connectivity index (χ0v) is 17.7. The van der Waals surface area contributed by atoms with Crippen molar-refractivity contribution in [2.45, 2.75) is 50.2 Å². The highest BCUT2D eigenvalue weighted by Crippen LogP contribution is 2.12. The van der Waals surface area contributed by atoms with Gasteiger partial charge in [-0.15, -0.1) is 0 Å². The minimum absolute atomic E-state index is 0.00464. The second-order valence-corrected chi connectivity index (χ2v) is 7.50. The molecule has 0 aliphatic carbocycles. The lowest BCUT2D eigenvalue weighted by molar-refractivity contribution is -0.142. The smallest absolute Gasteiger partial charge is 0.326 e. The quantitative estimate of drug-likeness (QED) is 0.198. The first-order chi connectivity index (χ1) is 15.3. The third-order valence-electron chi connectivity index (χ3n) is 4.91. The predicted octanol–water partition coefficient (Wildman–Crippen LogP) is -0.589. The number of nitrogens with two attached hydrogens (primary N) is 2. The van der Waals surface area contributed by atoms with E-state index in [0.717, 1.165) is 6.42 Å². The van der Waals surface area contributed by atoms with Crippen LogP contribution in [0.2, 0.25) is 0 Å². The molecule has 2 amide bonds. The lowest BCUT2D eigenvalue weighted by atomic mass is 10.0. The standard InChI is InChI=1S/C21H30N6O5/c22-8-2-1-3-16(23)19(29)26-17(10-14-11-24-12-25-14)20(30)27-18(21(31)32)9-13-4-6-15(28)7-5-13/h4-7,11-12,16-18,28H,1-3,8-10,22-23H2,(H,24,25)(H,26,29)(H,27,30)(H,31,32)/t16-,17-,18-/m0/s1. The summed E-state index contributed by atoms with van der Waals surface area (Å²) in [5.41, 5.74) is 12.6. The van der Waals surface area contributed by atoms with Crippen molar-refractivity contribution >= 4 is 17.8 Å². The van der Waals surface area contributed by atoms with Crippen molar-refractivity contribution in [1.29, 1.82) is 0 Å². The maximum absolute atomic E-state index is 12.9. The third-order valence-corrected chi connectivity index (χ3v) is 4.91. The van der Waals surface area contributed by atoms with Crippen LogP contribution in [-0.4, -0.2) is 62.6 Å². The number of H-pyrrole nitrogens is 1. The van der Waals surface area contributed by atoms with E-state index >= 15 is 0 Å². The number of hydrogen-bond acceptors (Lipinski definition) is 7. The number of unbranched alkanes of at least 4 members (excludes halogenated alkanes) is 1. The highest BCUT2D eigenvalue weighted by Gasteiger charge is 2.28. The fraction of sp³-hybridized carbons (Fsp3) is 0.429. The van der Waals surface area contributed by atoms with E-state index in [1.54, 1.807) is 12.1 Å². The zero-order chi connectivity index (χ0) is 23.5. The number of amides is 2. The molecule has 11 nitrogen and oxygen atoms in total. The van der Waals surface area contributed by atoms with Gasteiger partial charge in [-0.3, -0.25) is 9.59 Å². The molecule has 3 atom stereocenters. The van der Waals surface area contributed by atoms with Crippen LogP contribution in [0.15, 0.2) is 36.8 Å². The largest absolute Gasteiger partial charge is 0.508 e. The summed E-state index contributed by atoms with van der Waals surface area (Å²) in [5.74, 6) is -2.34. The number of nitrogens with one attached hydrogen (secondary N) is 3. The highest BCUT2D eigenvalue weighted by atomic mass is 16.4. The monoisotopic (exact) mass is 446 g/mol. The van der Waals surface area contributed by atoms with Crippen LogP contribution in [0.4, 0.5) is 0 Å². The van der Waals surface area contributed by atoms with Gasteiger partial charge in [0.25, 0.3) is 0 Å². The number of hydrogen-bond donors (Lipinski definition) is 7. The van der Waals surface area contributed by atoms with Crippen LogP contribution in [0.1, 0.15) is 30.5 Å². The summed E-state index contributed by atoms with van der Waals surface area (Å²) in [4.78, 5) is 43.9. The SMILES string of the molecule is NCCCC[C@H](N)C(=O)N[C@@H](Cc1cnc[nH]1)C(=O)N[C@@H](Cc1ccc(O)cc1)C(=O)O. The van der Waals surface area contributed by atoms with E-state index in [1.807, 2.05) is 0 Å². The van der Waals surface area contributed by atoms with Crippen molar-refractivity contribution in [1.82, 2.24) is 20.6 Å². The van der Waals surface area contributed by atoms with Gasteiger partial charge in [0.15, 0.2) is 0 Å². The minimum atomic E-state index is -1.23. The van der Waals surface area contributed by atoms with Crippen LogP contribution < -0.4 is 22.1 Å². The molecule has 0 spiro atoms. The van der Waals surface area contributed by atoms with Gasteiger partial charge in [0.2, 0.25) is 11.8 Å². The zero-order valence-electron chi connectivity index (χ0n) is 17.7. The average molecular weight is 447 g/mol. The van der Waals surface area contributed by atoms with Gasteiger partial charge in [-0.05, 0) is 37.1 Å². The maximum Gasteiger partial charge on any atom is 0.326 e. The number of carbonyl (C=O) groups is 3. The molecule has 0 aliphatic rings. The first-order valence-electron chi connectivity index (χ1n) is 10.3. The molecule has 0 unspecified atom stereocenters. The molecule has 1 aromatic heterocycles. The van der Waals surface area contributed by atoms with Crippen LogP contribution in [0.25, 0.3) is 0 Å². The lowest BCUT2D eigenvalue weighted by Crippen LogP contribution is -2.55. The number of aromatic amines is 1. The molecule has 2 aromatic rings. The van der Waals surface area contributed by atoms with E-state index in [2.05, 4.69) is 20.6 Å². The number of aromatic nitrogens is 2. The molecule has 0 fully saturated rings. The fourth-order valence-electron chi connectivity index (χ4n) is 3.08. The number of aliphatic carboxylic acids is 1. The summed E-state index contributed by atoms with van der Waals surface area (Å²) in [7, 11) is 0. The third kappa shape index (κ3) is 8.00. The van der Waals surface area contributed by atoms with Gasteiger partial charge in [-0.1, -0.05) is 18.6 Å². The van der Waals surface area contributed by atoms with E-state index in [9.17, 15) is 24.6 Å². The van der Waals surface area contributed by atoms with E-state index in [0.29, 0.717) is 30.6 Å². The van der Waals surface area contributed by atoms with Crippen molar-refractivity contribution in [3.05, 3.63) is 48.0 Å². The summed E-state index contributed by atoms with van der Waals surface area (Å²) in [6.45, 7) is 0.497. The number of phenolic OH excluding ortho intramolecular Hbond substituents is 1. The Morgan fingerprint density at radius 2 is 1.72 bits per heavy atom. The normalized spacial score (nSPS) is 13.7. The molecule has 2 rings (SSSR count). The number of aromatic hydroxyl groups is 1. The molecule has 0 radical (unpaired) electrons. The average Bonchev–Trinajstić information content (AvgIpc) is 3.27. The van der Waals surface area contributed by atoms with E-state index in [4.69, 9.17) is 11.5 Å². The molecule has 0 saturated carbocycles. The van der Waals surface area contributed by atoms with Crippen LogP contribution in [0.5, 0.6) is 5.75 Å². The van der Waals surface area contributed by atoms with Crippen LogP contribution in [0.3, 0.4) is 0 Å². The molecule has 11 heteroatoms. The van der Waals surface area contributed by atoms with Gasteiger partial charge >= 0.3 is 5.97 Å². The second kappa shape index (κ2) is 12.4. The molecular formula is C21H30N6O5. The topological polar surface area (TPSA) is 196 Å². The summed E-state index contributed by atoms with van der Waals surface area (Å²) < 4.78 is 0. The Morgan fingerprint density at radius 3 is 2.31 bits per heavy atom. The molecule has 0 bridgehead atoms. The predicted molar refractivity (Wildman–Crippen MR) is 116 cm³/mol. The molecule has 0 aliphatic heterocycles. The molecule has 9 N–H and O–H groups in total. The molecular weight excluding hydrogens is 416 g/mol. The number of carboxylic acids is 1. The number of rotatable bonds is 13. The Kier molecular flexibility index (Phi) is 9.64. The van der Waals surface area contributed by atoms with Gasteiger partial charge in [0.05, 0.1) is 12.4 Å². The summed E-state index contributed by atoms with van der Waals surface area (Å²) in [6, 6.07) is 2.92. The van der Waals surface area contributed by atoms with Gasteiger partial charge in [0, 0.05) is 24.7 Å². The van der Waals surface area contributed by atoms with Crippen molar-refractivity contribution in [2.75, 3.05) is 6.54 Å². The highest BCUT2D eigenvalue weighted by molar-refractivity contribution is 5.92. The molecule has 0 saturated heterocycles. The number of carboxylic acid groups (broad SMARTS) is 1. The van der Waals surface area contributed by atoms with Crippen molar-refractivity contribution in [3.8, 4) is 5.75 Å². The number of nitrogens with zero attached hydrogens (tertiary/aromatic N) is 1. The van der Waals surface area contributed by atoms with Gasteiger partial charge < -0.3 is 37.3 Å². The van der Waals surface area contributed by atoms with Gasteiger partial charge in [0.1, 0.15) is 17.8 Å². The second-order valence-electron chi connectivity index (χ2n) is 7.50. The van der Waals surface area contributed by atoms with Crippen LogP contribution >= 0.6 is 0 Å². The van der Waals surface area contributed by atoms with Crippen molar-refractivity contribution in [2.24, 2.45) is 11.5 Å². The molecule has 1 heterocycles. The fourth-order valence-corrected chi connectivity index (χ4v) is 3.08. The first kappa shape index (κ1) is 24.8. The lowest BCUT2D eigenvalue weighted by Gasteiger charge is -2.23. The van der Waals surface area contributed by atoms with E-state index in [-0.39, 0.29) is 18.6 Å². The maximum atomic E-state index is 12.9. The number of imidazole rings is 1. The van der Waals surface area contributed by atoms with Crippen LogP contribution in [-0.2, 0) is 27.2 Å². The van der Waals surface area contributed by atoms with E-state index in [1.165, 1.54) is 24.7 Å². The number of benzene rings is 1. The number of phenols is 1. The van der Waals surface area contributed by atoms with Gasteiger partial charge in [-0.25, -0.2) is 9.78 Å². The number of carbonyl (C=O) groups excluding carboxylic acids is 2. The van der Waals surface area contributed by atoms with Gasteiger partial charge in [-0.2, -0.15) is 0 Å². The Morgan fingerprint density at radius 1 is 1.03 bits per heavy atom. The summed E-state index contributed by atoms with van der Waals surface area (Å²) >= 11 is 0. The molecule has 174 valence electrons. The summed E-state index contributed by atoms with van der Waals surface area (Å²) in [6.07, 6.45) is 4.87. The Labute approximate surface area is 185 Å². The Bertz CT molecular complexity index is 871. The van der Waals surface area contributed by atoms with Crippen LogP contribution in [0, 0.1) is 0 Å². The van der Waals surface area contributed by atoms with E-state index < -0.39 is 35.9 Å². The first-order valence-corrected chi connectivity index (χ1v) is 10.3. The Balaban J connectivity index is 2.08. The minimum Gasteiger partial charge on any atom is -0.508 e.